The zero-order valence-electron chi connectivity index (χ0n) is 15.3. The molecule has 1 aromatic carbocycles. The summed E-state index contributed by atoms with van der Waals surface area (Å²) >= 11 is 0. The number of carbonyl (C=O) groups is 1. The highest BCUT2D eigenvalue weighted by Crippen LogP contribution is 2.67. The summed E-state index contributed by atoms with van der Waals surface area (Å²) in [5, 5.41) is 9.07. The summed E-state index contributed by atoms with van der Waals surface area (Å²) in [5.74, 6) is -0.326. The molecule has 1 aromatic rings. The van der Waals surface area contributed by atoms with Crippen LogP contribution in [0, 0.1) is 5.92 Å². The van der Waals surface area contributed by atoms with Gasteiger partial charge in [-0.3, -0.25) is 0 Å². The van der Waals surface area contributed by atoms with Gasteiger partial charge in [-0.1, -0.05) is 51.5 Å². The van der Waals surface area contributed by atoms with Crippen molar-refractivity contribution in [3.63, 3.8) is 0 Å². The quantitative estimate of drug-likeness (QED) is 0.769. The maximum absolute atomic E-state index is 11.0. The lowest BCUT2D eigenvalue weighted by Gasteiger charge is -2.42. The van der Waals surface area contributed by atoms with Crippen molar-refractivity contribution in [1.29, 1.82) is 0 Å². The van der Waals surface area contributed by atoms with E-state index in [1.807, 2.05) is 0 Å². The third kappa shape index (κ3) is 2.18. The molecule has 2 saturated carbocycles. The number of rotatable bonds is 2. The molecule has 1 N–H and O–H groups in total. The van der Waals surface area contributed by atoms with Crippen molar-refractivity contribution in [2.45, 2.75) is 76.0 Å². The minimum absolute atomic E-state index is 0.230. The largest absolute Gasteiger partial charge is 0.478 e. The summed E-state index contributed by atoms with van der Waals surface area (Å²) in [6, 6.07) is 7.18. The van der Waals surface area contributed by atoms with E-state index in [1.165, 1.54) is 35.6 Å². The van der Waals surface area contributed by atoms with Crippen LogP contribution in [0.1, 0.15) is 76.5 Å². The van der Waals surface area contributed by atoms with Crippen LogP contribution in [0.25, 0.3) is 0 Å². The van der Waals surface area contributed by atoms with E-state index >= 15 is 0 Å². The highest BCUT2D eigenvalue weighted by Gasteiger charge is 2.60. The van der Waals surface area contributed by atoms with Crippen LogP contribution < -0.4 is 0 Å². The molecule has 2 unspecified atom stereocenters. The van der Waals surface area contributed by atoms with Gasteiger partial charge in [0.2, 0.25) is 0 Å². The Morgan fingerprint density at radius 1 is 1.08 bits per heavy atom. The lowest BCUT2D eigenvalue weighted by molar-refractivity contribution is -0.131. The molecule has 0 aromatic heterocycles. The Bertz CT molecular complexity index is 753. The fraction of sp³-hybridized carbons (Fsp3) is 0.591. The molecule has 4 rings (SSSR count). The highest BCUT2D eigenvalue weighted by molar-refractivity contribution is 5.81. The number of aliphatic carboxylic acids is 1. The van der Waals surface area contributed by atoms with Gasteiger partial charge in [0.1, 0.15) is 0 Å². The second-order valence-corrected chi connectivity index (χ2v) is 9.50. The minimum atomic E-state index is -0.791. The lowest BCUT2D eigenvalue weighted by atomic mass is 9.62. The first kappa shape index (κ1) is 15.9. The molecular formula is C22H28O2. The van der Waals surface area contributed by atoms with Crippen molar-refractivity contribution in [2.75, 3.05) is 0 Å². The normalized spacial score (nSPS) is 33.8. The number of fused-ring (bicyclic) bond motifs is 2. The third-order valence-corrected chi connectivity index (χ3v) is 7.12. The van der Waals surface area contributed by atoms with E-state index in [0.29, 0.717) is 5.92 Å². The van der Waals surface area contributed by atoms with Gasteiger partial charge in [0.05, 0.1) is 0 Å². The molecule has 0 saturated heterocycles. The molecule has 3 aliphatic rings. The Balaban J connectivity index is 1.74. The van der Waals surface area contributed by atoms with Gasteiger partial charge < -0.3 is 5.11 Å². The zero-order valence-corrected chi connectivity index (χ0v) is 15.3. The Morgan fingerprint density at radius 3 is 2.38 bits per heavy atom. The number of carboxylic acid groups (broad SMARTS) is 1. The van der Waals surface area contributed by atoms with Gasteiger partial charge in [0.25, 0.3) is 0 Å². The van der Waals surface area contributed by atoms with Crippen LogP contribution in [-0.4, -0.2) is 11.1 Å². The first-order chi connectivity index (χ1) is 11.2. The third-order valence-electron chi connectivity index (χ3n) is 7.12. The SMILES string of the molecule is CC1(C)CCC(C)(C)c2cc(C34CC/C(=C/C(=O)O)C3C4)ccc21. The standard InChI is InChI=1S/C22H28O2/c1-20(2)9-10-21(3,4)17-12-15(5-6-16(17)20)22-8-7-14(11-19(23)24)18(22)13-22/h5-6,11-12,18H,7-10,13H2,1-4H3,(H,23,24)/b14-11-. The Morgan fingerprint density at radius 2 is 1.75 bits per heavy atom. The van der Waals surface area contributed by atoms with Crippen LogP contribution >= 0.6 is 0 Å². The van der Waals surface area contributed by atoms with Crippen LogP contribution in [-0.2, 0) is 21.0 Å². The van der Waals surface area contributed by atoms with E-state index in [2.05, 4.69) is 45.9 Å². The van der Waals surface area contributed by atoms with Crippen molar-refractivity contribution in [2.24, 2.45) is 5.92 Å². The number of hydrogen-bond donors (Lipinski definition) is 1. The van der Waals surface area contributed by atoms with Crippen molar-refractivity contribution in [3.8, 4) is 0 Å². The maximum atomic E-state index is 11.0. The molecule has 2 fully saturated rings. The van der Waals surface area contributed by atoms with Crippen molar-refractivity contribution in [3.05, 3.63) is 46.5 Å². The topological polar surface area (TPSA) is 37.3 Å². The first-order valence-corrected chi connectivity index (χ1v) is 9.25. The van der Waals surface area contributed by atoms with Gasteiger partial charge in [0.15, 0.2) is 0 Å². The minimum Gasteiger partial charge on any atom is -0.478 e. The fourth-order valence-corrected chi connectivity index (χ4v) is 5.30. The predicted octanol–water partition coefficient (Wildman–Crippen LogP) is 5.10. The van der Waals surface area contributed by atoms with Crippen LogP contribution in [0.4, 0.5) is 0 Å². The Hall–Kier alpha value is -1.57. The van der Waals surface area contributed by atoms with Crippen molar-refractivity contribution >= 4 is 5.97 Å². The molecule has 0 heterocycles. The Kier molecular flexibility index (Phi) is 3.15. The molecule has 0 aliphatic heterocycles. The summed E-state index contributed by atoms with van der Waals surface area (Å²) < 4.78 is 0. The number of hydrogen-bond acceptors (Lipinski definition) is 1. The average Bonchev–Trinajstić information content (AvgIpc) is 3.15. The monoisotopic (exact) mass is 324 g/mol. The average molecular weight is 324 g/mol. The molecule has 24 heavy (non-hydrogen) atoms. The summed E-state index contributed by atoms with van der Waals surface area (Å²) in [5.41, 5.74) is 6.36. The molecule has 0 radical (unpaired) electrons. The van der Waals surface area contributed by atoms with E-state index in [9.17, 15) is 4.79 Å². The van der Waals surface area contributed by atoms with E-state index < -0.39 is 5.97 Å². The smallest absolute Gasteiger partial charge is 0.328 e. The molecule has 0 bridgehead atoms. The highest BCUT2D eigenvalue weighted by atomic mass is 16.4. The fourth-order valence-electron chi connectivity index (χ4n) is 5.30. The molecule has 2 heteroatoms. The van der Waals surface area contributed by atoms with Gasteiger partial charge in [-0.25, -0.2) is 4.79 Å². The molecule has 128 valence electrons. The van der Waals surface area contributed by atoms with E-state index in [0.717, 1.165) is 24.8 Å². The molecular weight excluding hydrogens is 296 g/mol. The van der Waals surface area contributed by atoms with Gasteiger partial charge in [-0.05, 0) is 65.5 Å². The van der Waals surface area contributed by atoms with Gasteiger partial charge in [-0.2, -0.15) is 0 Å². The first-order valence-electron chi connectivity index (χ1n) is 9.25. The van der Waals surface area contributed by atoms with Crippen molar-refractivity contribution in [1.82, 2.24) is 0 Å². The van der Waals surface area contributed by atoms with Crippen LogP contribution in [0.3, 0.4) is 0 Å². The van der Waals surface area contributed by atoms with E-state index in [-0.39, 0.29) is 16.2 Å². The number of allylic oxidation sites excluding steroid dienone is 1. The van der Waals surface area contributed by atoms with Crippen LogP contribution in [0.2, 0.25) is 0 Å². The molecule has 0 spiro atoms. The summed E-state index contributed by atoms with van der Waals surface area (Å²) in [4.78, 5) is 11.0. The zero-order chi connectivity index (χ0) is 17.3. The summed E-state index contributed by atoms with van der Waals surface area (Å²) in [7, 11) is 0. The summed E-state index contributed by atoms with van der Waals surface area (Å²) in [6.45, 7) is 9.47. The van der Waals surface area contributed by atoms with Crippen LogP contribution in [0.15, 0.2) is 29.8 Å². The summed E-state index contributed by atoms with van der Waals surface area (Å²) in [6.07, 6.45) is 7.13. The number of benzene rings is 1. The Labute approximate surface area is 145 Å². The van der Waals surface area contributed by atoms with E-state index in [4.69, 9.17) is 5.11 Å². The van der Waals surface area contributed by atoms with Crippen LogP contribution in [0.5, 0.6) is 0 Å². The predicted molar refractivity (Wildman–Crippen MR) is 96.5 cm³/mol. The molecule has 3 aliphatic carbocycles. The lowest BCUT2D eigenvalue weighted by Crippen LogP contribution is -2.34. The second-order valence-electron chi connectivity index (χ2n) is 9.50. The van der Waals surface area contributed by atoms with E-state index in [1.54, 1.807) is 0 Å². The van der Waals surface area contributed by atoms with Gasteiger partial charge >= 0.3 is 5.97 Å². The molecule has 0 amide bonds. The van der Waals surface area contributed by atoms with Gasteiger partial charge in [-0.15, -0.1) is 0 Å². The number of carboxylic acids is 1. The van der Waals surface area contributed by atoms with Crippen molar-refractivity contribution < 1.29 is 9.90 Å². The molecule has 2 nitrogen and oxygen atoms in total. The maximum Gasteiger partial charge on any atom is 0.328 e. The van der Waals surface area contributed by atoms with Gasteiger partial charge in [0, 0.05) is 11.5 Å². The second kappa shape index (κ2) is 4.74. The molecule has 2 atom stereocenters.